The number of rotatable bonds is 23. The fraction of sp³-hybridized carbons (Fsp3) is 0.528. The number of hydrogen-bond acceptors (Lipinski definition) is 17. The zero-order chi connectivity index (χ0) is 64.3. The van der Waals surface area contributed by atoms with E-state index in [0.717, 1.165) is 0 Å². The van der Waals surface area contributed by atoms with Gasteiger partial charge in [-0.1, -0.05) is 78.5 Å². The first kappa shape index (κ1) is 96.2. The van der Waals surface area contributed by atoms with Gasteiger partial charge in [-0.2, -0.15) is 0 Å². The van der Waals surface area contributed by atoms with Crippen LogP contribution in [0.2, 0.25) is 0 Å². The van der Waals surface area contributed by atoms with Crippen molar-refractivity contribution < 1.29 is 120 Å². The maximum atomic E-state index is 9.86. The van der Waals surface area contributed by atoms with Crippen molar-refractivity contribution in [3.63, 3.8) is 0 Å². The molecule has 0 fully saturated rings. The Morgan fingerprint density at radius 3 is 0.506 bits per heavy atom. The van der Waals surface area contributed by atoms with Gasteiger partial charge in [0.05, 0.1) is 72.7 Å². The van der Waals surface area contributed by atoms with Crippen LogP contribution in [0.3, 0.4) is 0 Å². The number of hydrogen-bond donors (Lipinski definition) is 16. The third-order valence-electron chi connectivity index (χ3n) is 8.70. The van der Waals surface area contributed by atoms with E-state index < -0.39 is 58.0 Å². The number of aliphatic hydroxyl groups excluding tert-OH is 9. The molecule has 0 bridgehead atoms. The highest BCUT2D eigenvalue weighted by Gasteiger charge is 2.26. The van der Waals surface area contributed by atoms with Gasteiger partial charge in [-0.3, -0.25) is 0 Å². The molecule has 0 saturated heterocycles. The van der Waals surface area contributed by atoms with Gasteiger partial charge in [0.2, 0.25) is 0 Å². The van der Waals surface area contributed by atoms with E-state index in [1.165, 1.54) is 41.5 Å². The number of allylic oxidation sites excluding steroid dienone is 1. The third-order valence-corrected chi connectivity index (χ3v) is 8.70. The van der Waals surface area contributed by atoms with E-state index in [-0.39, 0.29) is 92.9 Å². The molecule has 0 heterocycles. The molecule has 0 aliphatic carbocycles. The molecule has 24 nitrogen and oxygen atoms in total. The summed E-state index contributed by atoms with van der Waals surface area (Å²) < 4.78 is 4.90. The van der Waals surface area contributed by atoms with E-state index in [2.05, 4.69) is 52.6 Å². The summed E-state index contributed by atoms with van der Waals surface area (Å²) in [5.41, 5.74) is -0.556. The second-order valence-corrected chi connectivity index (χ2v) is 15.9. The summed E-state index contributed by atoms with van der Waals surface area (Å²) in [6, 6.07) is 0. The van der Waals surface area contributed by atoms with Crippen LogP contribution in [0.25, 0.3) is 0 Å². The molecule has 0 spiro atoms. The van der Waals surface area contributed by atoms with Crippen LogP contribution >= 0.6 is 0 Å². The molecule has 0 atom stereocenters. The normalized spacial score (nSPS) is 9.48. The predicted molar refractivity (Wildman–Crippen MR) is 295 cm³/mol. The molecule has 0 aromatic heterocycles. The predicted octanol–water partition coefficient (Wildman–Crippen LogP) is 4.37. The zero-order valence-corrected chi connectivity index (χ0v) is 47.2. The van der Waals surface area contributed by atoms with E-state index in [1.54, 1.807) is 32.1 Å². The molecule has 0 aliphatic heterocycles. The maximum Gasteiger partial charge on any atom is 0.330 e. The topological polar surface area (TPSA) is 452 Å². The van der Waals surface area contributed by atoms with Gasteiger partial charge in [-0.25, -0.2) is 33.6 Å². The van der Waals surface area contributed by atoms with Crippen molar-refractivity contribution in [3.05, 3.63) is 110 Å². The van der Waals surface area contributed by atoms with Gasteiger partial charge in [-0.15, -0.1) is 13.2 Å². The summed E-state index contributed by atoms with van der Waals surface area (Å²) >= 11 is 0. The molecule has 24 heteroatoms. The summed E-state index contributed by atoms with van der Waals surface area (Å²) in [4.78, 5) is 67.5. The lowest BCUT2D eigenvalue weighted by Crippen LogP contribution is -2.32. The van der Waals surface area contributed by atoms with Crippen molar-refractivity contribution in [1.29, 1.82) is 0 Å². The monoisotopic (exact) mass is 1120 g/mol. The largest absolute Gasteiger partial charge is 0.478 e. The van der Waals surface area contributed by atoms with Crippen molar-refractivity contribution in [2.45, 2.75) is 95.4 Å². The number of carboxylic acid groups (broad SMARTS) is 7. The molecular weight excluding hydrogens is 1020 g/mol. The molecular formula is C53H96O24. The van der Waals surface area contributed by atoms with E-state index in [4.69, 9.17) is 86.4 Å². The average molecular weight is 1120 g/mol. The van der Waals surface area contributed by atoms with Gasteiger partial charge in [-0.05, 0) is 74.7 Å². The van der Waals surface area contributed by atoms with Gasteiger partial charge in [0.1, 0.15) is 0 Å². The molecule has 0 rings (SSSR count). The number of ether oxygens (including phenoxy) is 1. The maximum absolute atomic E-state index is 9.86. The Kier molecular flexibility index (Phi) is 79.8. The highest BCUT2D eigenvalue weighted by atomic mass is 16.5. The number of carboxylic acids is 7. The Bertz CT molecular complexity index is 1360. The van der Waals surface area contributed by atoms with Crippen LogP contribution in [0.4, 0.5) is 0 Å². The smallest absolute Gasteiger partial charge is 0.330 e. The molecule has 0 aromatic rings. The van der Waals surface area contributed by atoms with E-state index in [0.29, 0.717) is 38.0 Å². The van der Waals surface area contributed by atoms with Crippen LogP contribution in [0.1, 0.15) is 95.4 Å². The Morgan fingerprint density at radius 2 is 0.481 bits per heavy atom. The minimum absolute atomic E-state index is 0.156. The van der Waals surface area contributed by atoms with Crippen molar-refractivity contribution in [2.24, 2.45) is 16.2 Å². The first-order chi connectivity index (χ1) is 35.2. The highest BCUT2D eigenvalue weighted by molar-refractivity contribution is 5.87. The van der Waals surface area contributed by atoms with Gasteiger partial charge in [0, 0.05) is 55.3 Å². The first-order valence-electron chi connectivity index (χ1n) is 22.7. The van der Waals surface area contributed by atoms with Crippen LogP contribution < -0.4 is 0 Å². The Balaban J connectivity index is -0.0000000694. The summed E-state index contributed by atoms with van der Waals surface area (Å²) in [7, 11) is 0. The molecule has 0 saturated carbocycles. The van der Waals surface area contributed by atoms with E-state index in [9.17, 15) is 33.6 Å². The van der Waals surface area contributed by atoms with Crippen LogP contribution in [0.5, 0.6) is 0 Å². The molecule has 0 radical (unpaired) electrons. The van der Waals surface area contributed by atoms with Gasteiger partial charge >= 0.3 is 41.8 Å². The van der Waals surface area contributed by atoms with Gasteiger partial charge in [0.15, 0.2) is 0 Å². The van der Waals surface area contributed by atoms with Crippen molar-refractivity contribution in [1.82, 2.24) is 0 Å². The number of aliphatic carboxylic acids is 7. The van der Waals surface area contributed by atoms with Crippen molar-refractivity contribution in [3.8, 4) is 0 Å². The van der Waals surface area contributed by atoms with Crippen molar-refractivity contribution >= 4 is 41.8 Å². The third kappa shape index (κ3) is 78.6. The lowest BCUT2D eigenvalue weighted by molar-refractivity contribution is -0.133. The fourth-order valence-electron chi connectivity index (χ4n) is 1.81. The summed E-state index contributed by atoms with van der Waals surface area (Å²) in [6.45, 7) is 43.1. The Morgan fingerprint density at radius 1 is 0.351 bits per heavy atom. The fourth-order valence-corrected chi connectivity index (χ4v) is 1.81. The minimum Gasteiger partial charge on any atom is -0.478 e. The first-order valence-corrected chi connectivity index (χ1v) is 22.7. The summed E-state index contributed by atoms with van der Waals surface area (Å²) in [5, 5.41) is 133. The number of aliphatic hydroxyl groups is 9. The lowest BCUT2D eigenvalue weighted by atomic mass is 9.88. The van der Waals surface area contributed by atoms with Gasteiger partial charge in [0.25, 0.3) is 0 Å². The number of carbonyl (C=O) groups is 7. The van der Waals surface area contributed by atoms with Crippen LogP contribution in [0, 0.1) is 16.2 Å². The molecule has 0 aliphatic rings. The van der Waals surface area contributed by atoms with Crippen molar-refractivity contribution in [2.75, 3.05) is 72.7 Å². The molecule has 452 valence electrons. The van der Waals surface area contributed by atoms with E-state index >= 15 is 0 Å². The lowest BCUT2D eigenvalue weighted by Gasteiger charge is -2.24. The molecule has 0 aromatic carbocycles. The minimum atomic E-state index is -0.935. The van der Waals surface area contributed by atoms with Gasteiger partial charge < -0.3 is 86.4 Å². The molecule has 77 heavy (non-hydrogen) atoms. The standard InChI is InChI=1S/3C6H14O3.C6H10O.C5H8O2.6C4H6O2/c3*1-2-6(3-7,4-8)5-9;1-3-5-7-6-4-2;1-3-4(2)5(6)7;6*1-3(2)4(5)6/h3*7-9H,2-5H2,1H3;3-4H,1-2,5-6H2;3H,1-2H3,(H,6,7);6*1H2,2H3,(H,5,6). The summed E-state index contributed by atoms with van der Waals surface area (Å²) in [5.74, 6) is -6.46. The SMILES string of the molecule is C=C(C)C(=O)O.C=C(C)C(=O)O.C=C(C)C(=O)O.C=C(C)C(=O)O.C=C(C)C(=O)O.C=C(C)C(=O)O.C=CCOCC=C.CC=C(C)C(=O)O.CCC(CO)(CO)CO.CCC(CO)(CO)CO.CCC(CO)(CO)CO. The Hall–Kier alpha value is -6.45. The second-order valence-electron chi connectivity index (χ2n) is 15.9. The average Bonchev–Trinajstić information content (AvgIpc) is 3.38. The van der Waals surface area contributed by atoms with Crippen LogP contribution in [-0.4, -0.2) is 196 Å². The quantitative estimate of drug-likeness (QED) is 0.0383. The molecule has 16 N–H and O–H groups in total. The molecule has 0 unspecified atom stereocenters. The van der Waals surface area contributed by atoms with E-state index in [1.807, 2.05) is 20.8 Å². The summed E-state index contributed by atoms with van der Waals surface area (Å²) in [6.07, 6.45) is 6.76. The van der Waals surface area contributed by atoms with Crippen LogP contribution in [-0.2, 0) is 38.3 Å². The molecule has 0 amide bonds. The Labute approximate surface area is 455 Å². The highest BCUT2D eigenvalue weighted by Crippen LogP contribution is 2.19. The second kappa shape index (κ2) is 63.8. The van der Waals surface area contributed by atoms with Crippen LogP contribution in [0.15, 0.2) is 110 Å². The zero-order valence-electron chi connectivity index (χ0n) is 47.2.